The molecule has 1 unspecified atom stereocenters. The monoisotopic (exact) mass is 297 g/mol. The second kappa shape index (κ2) is 6.30. The van der Waals surface area contributed by atoms with Gasteiger partial charge in [0.05, 0.1) is 13.7 Å². The molecule has 1 aliphatic heterocycles. The summed E-state index contributed by atoms with van der Waals surface area (Å²) in [5.41, 5.74) is 4.66. The van der Waals surface area contributed by atoms with Crippen LogP contribution in [0.3, 0.4) is 0 Å². The van der Waals surface area contributed by atoms with Crippen LogP contribution in [0.25, 0.3) is 11.1 Å². The number of hydrogen-bond acceptors (Lipinski definition) is 4. The molecule has 0 radical (unpaired) electrons. The summed E-state index contributed by atoms with van der Waals surface area (Å²) in [6, 6.07) is 15.7. The van der Waals surface area contributed by atoms with Crippen molar-refractivity contribution in [3.05, 3.63) is 59.7 Å². The number of rotatable bonds is 3. The molecule has 0 bridgehead atoms. The first-order valence-electron chi connectivity index (χ1n) is 7.33. The average molecular weight is 297 g/mol. The van der Waals surface area contributed by atoms with Crippen LogP contribution in [0.15, 0.2) is 48.5 Å². The Morgan fingerprint density at radius 2 is 1.59 bits per heavy atom. The van der Waals surface area contributed by atoms with Crippen molar-refractivity contribution in [1.82, 2.24) is 4.90 Å². The third-order valence-corrected chi connectivity index (χ3v) is 4.16. The van der Waals surface area contributed by atoms with Gasteiger partial charge in [0.2, 0.25) is 0 Å². The maximum atomic E-state index is 12.0. The van der Waals surface area contributed by atoms with Crippen LogP contribution in [0.5, 0.6) is 0 Å². The average Bonchev–Trinajstić information content (AvgIpc) is 2.72. The van der Waals surface area contributed by atoms with Crippen LogP contribution in [-0.4, -0.2) is 35.7 Å². The van der Waals surface area contributed by atoms with Gasteiger partial charge in [-0.2, -0.15) is 0 Å². The number of esters is 1. The van der Waals surface area contributed by atoms with Gasteiger partial charge in [-0.3, -0.25) is 9.69 Å². The number of nitrogens with zero attached hydrogens (tertiary/aromatic N) is 1. The summed E-state index contributed by atoms with van der Waals surface area (Å²) >= 11 is 0. The molecule has 22 heavy (non-hydrogen) atoms. The number of ether oxygens (including phenoxy) is 1. The minimum absolute atomic E-state index is 0.253. The lowest BCUT2D eigenvalue weighted by atomic mass is 9.97. The predicted molar refractivity (Wildman–Crippen MR) is 84.0 cm³/mol. The molecule has 0 aromatic heterocycles. The topological polar surface area (TPSA) is 49.8 Å². The van der Waals surface area contributed by atoms with E-state index in [0.717, 1.165) is 11.1 Å². The van der Waals surface area contributed by atoms with E-state index in [4.69, 9.17) is 4.74 Å². The number of carbonyl (C=O) groups is 1. The number of methoxy groups -OCH3 is 1. The Balaban J connectivity index is 2.07. The van der Waals surface area contributed by atoms with Gasteiger partial charge in [0, 0.05) is 13.1 Å². The van der Waals surface area contributed by atoms with Gasteiger partial charge in [0.25, 0.3) is 0 Å². The molecule has 1 N–H and O–H groups in total. The fourth-order valence-electron chi connectivity index (χ4n) is 3.03. The normalized spacial score (nSPS) is 15.4. The van der Waals surface area contributed by atoms with Crippen molar-refractivity contribution in [3.63, 3.8) is 0 Å². The van der Waals surface area contributed by atoms with Crippen molar-refractivity contribution < 1.29 is 14.6 Å². The van der Waals surface area contributed by atoms with E-state index in [2.05, 4.69) is 24.3 Å². The van der Waals surface area contributed by atoms with E-state index in [9.17, 15) is 9.90 Å². The summed E-state index contributed by atoms with van der Waals surface area (Å²) in [6.45, 7) is 0.952. The number of aliphatic hydroxyl groups is 1. The SMILES string of the molecule is COC(=O)C(CO)N1Cc2ccccc2-c2ccccc2C1. The van der Waals surface area contributed by atoms with Crippen molar-refractivity contribution in [2.45, 2.75) is 19.1 Å². The van der Waals surface area contributed by atoms with Gasteiger partial charge in [-0.05, 0) is 22.3 Å². The molecule has 2 aromatic carbocycles. The first-order valence-corrected chi connectivity index (χ1v) is 7.33. The maximum absolute atomic E-state index is 12.0. The van der Waals surface area contributed by atoms with Crippen LogP contribution < -0.4 is 0 Å². The first kappa shape index (κ1) is 14.8. The summed E-state index contributed by atoms with van der Waals surface area (Å²) in [5, 5.41) is 9.63. The molecule has 2 aromatic rings. The van der Waals surface area contributed by atoms with E-state index in [1.807, 2.05) is 29.2 Å². The highest BCUT2D eigenvalue weighted by molar-refractivity contribution is 5.76. The van der Waals surface area contributed by atoms with Crippen molar-refractivity contribution in [3.8, 4) is 11.1 Å². The third-order valence-electron chi connectivity index (χ3n) is 4.16. The van der Waals surface area contributed by atoms with Crippen molar-refractivity contribution in [2.75, 3.05) is 13.7 Å². The highest BCUT2D eigenvalue weighted by Crippen LogP contribution is 2.33. The van der Waals surface area contributed by atoms with Crippen LogP contribution in [0.1, 0.15) is 11.1 Å². The van der Waals surface area contributed by atoms with Crippen LogP contribution in [0, 0.1) is 0 Å². The van der Waals surface area contributed by atoms with E-state index >= 15 is 0 Å². The molecule has 0 aliphatic carbocycles. The first-order chi connectivity index (χ1) is 10.7. The molecule has 114 valence electrons. The Bertz CT molecular complexity index is 636. The van der Waals surface area contributed by atoms with Gasteiger partial charge in [-0.1, -0.05) is 48.5 Å². The van der Waals surface area contributed by atoms with E-state index < -0.39 is 12.0 Å². The predicted octanol–water partition coefficient (Wildman–Crippen LogP) is 2.20. The number of fused-ring (bicyclic) bond motifs is 3. The Morgan fingerprint density at radius 3 is 2.05 bits per heavy atom. The molecule has 1 heterocycles. The number of carbonyl (C=O) groups excluding carboxylic acids is 1. The van der Waals surface area contributed by atoms with Crippen LogP contribution >= 0.6 is 0 Å². The molecule has 1 atom stereocenters. The molecular weight excluding hydrogens is 278 g/mol. The summed E-state index contributed by atoms with van der Waals surface area (Å²) in [7, 11) is 1.35. The van der Waals surface area contributed by atoms with Gasteiger partial charge in [-0.25, -0.2) is 0 Å². The van der Waals surface area contributed by atoms with Gasteiger partial charge in [0.15, 0.2) is 0 Å². The fourth-order valence-corrected chi connectivity index (χ4v) is 3.03. The second-order valence-electron chi connectivity index (χ2n) is 5.44. The molecule has 0 saturated heterocycles. The summed E-state index contributed by atoms with van der Waals surface area (Å²) in [4.78, 5) is 13.9. The molecule has 0 saturated carbocycles. The van der Waals surface area contributed by atoms with Gasteiger partial charge >= 0.3 is 5.97 Å². The maximum Gasteiger partial charge on any atom is 0.325 e. The molecule has 0 amide bonds. The van der Waals surface area contributed by atoms with Gasteiger partial charge in [0.1, 0.15) is 6.04 Å². The van der Waals surface area contributed by atoms with Gasteiger partial charge in [-0.15, -0.1) is 0 Å². The zero-order valence-electron chi connectivity index (χ0n) is 12.5. The lowest BCUT2D eigenvalue weighted by Crippen LogP contribution is -2.43. The fraction of sp³-hybridized carbons (Fsp3) is 0.278. The zero-order valence-corrected chi connectivity index (χ0v) is 12.5. The quantitative estimate of drug-likeness (QED) is 0.883. The molecule has 4 heteroatoms. The van der Waals surface area contributed by atoms with Crippen LogP contribution in [0.2, 0.25) is 0 Å². The van der Waals surface area contributed by atoms with E-state index in [-0.39, 0.29) is 6.61 Å². The Labute approximate surface area is 130 Å². The summed E-state index contributed by atoms with van der Waals surface area (Å²) < 4.78 is 4.83. The lowest BCUT2D eigenvalue weighted by Gasteiger charge is -2.27. The van der Waals surface area contributed by atoms with E-state index in [1.54, 1.807) is 0 Å². The van der Waals surface area contributed by atoms with Gasteiger partial charge < -0.3 is 9.84 Å². The summed E-state index contributed by atoms with van der Waals surface area (Å²) in [6.07, 6.45) is 0. The highest BCUT2D eigenvalue weighted by atomic mass is 16.5. The Kier molecular flexibility index (Phi) is 4.22. The molecule has 1 aliphatic rings. The van der Waals surface area contributed by atoms with Crippen molar-refractivity contribution in [1.29, 1.82) is 0 Å². The standard InChI is InChI=1S/C18H19NO3/c1-22-18(21)17(12-20)19-10-13-6-2-4-8-15(13)16-9-5-3-7-14(16)11-19/h2-9,17,20H,10-12H2,1H3. The molecule has 3 rings (SSSR count). The smallest absolute Gasteiger partial charge is 0.325 e. The Hall–Kier alpha value is -2.17. The molecular formula is C18H19NO3. The highest BCUT2D eigenvalue weighted by Gasteiger charge is 2.29. The molecule has 0 fully saturated rings. The van der Waals surface area contributed by atoms with Crippen LogP contribution in [0.4, 0.5) is 0 Å². The lowest BCUT2D eigenvalue weighted by molar-refractivity contribution is -0.149. The molecule has 4 nitrogen and oxygen atoms in total. The zero-order chi connectivity index (χ0) is 15.5. The summed E-state index contributed by atoms with van der Waals surface area (Å²) in [5.74, 6) is -0.403. The largest absolute Gasteiger partial charge is 0.468 e. The Morgan fingerprint density at radius 1 is 1.09 bits per heavy atom. The minimum Gasteiger partial charge on any atom is -0.468 e. The number of hydrogen-bond donors (Lipinski definition) is 1. The van der Waals surface area contributed by atoms with Crippen molar-refractivity contribution >= 4 is 5.97 Å². The number of aliphatic hydroxyl groups excluding tert-OH is 1. The second-order valence-corrected chi connectivity index (χ2v) is 5.44. The minimum atomic E-state index is -0.649. The van der Waals surface area contributed by atoms with Crippen LogP contribution in [-0.2, 0) is 22.6 Å². The molecule has 0 spiro atoms. The third kappa shape index (κ3) is 2.63. The van der Waals surface area contributed by atoms with Crippen molar-refractivity contribution in [2.24, 2.45) is 0 Å². The van der Waals surface area contributed by atoms with E-state index in [1.165, 1.54) is 18.2 Å². The number of benzene rings is 2. The van der Waals surface area contributed by atoms with E-state index in [0.29, 0.717) is 13.1 Å².